The van der Waals surface area contributed by atoms with Crippen LogP contribution in [0, 0.1) is 28.6 Å². The predicted molar refractivity (Wildman–Crippen MR) is 128 cm³/mol. The van der Waals surface area contributed by atoms with Crippen molar-refractivity contribution in [3.05, 3.63) is 23.8 Å². The van der Waals surface area contributed by atoms with Crippen LogP contribution in [0.5, 0.6) is 0 Å². The van der Waals surface area contributed by atoms with Gasteiger partial charge in [0, 0.05) is 23.0 Å². The summed E-state index contributed by atoms with van der Waals surface area (Å²) in [7, 11) is -3.65. The second kappa shape index (κ2) is 8.85. The van der Waals surface area contributed by atoms with E-state index < -0.39 is 55.1 Å². The number of carbonyl (C=O) groups excluding carboxylic acids is 3. The first kappa shape index (κ1) is 26.6. The molecule has 0 aromatic rings. The average Bonchev–Trinajstić information content (AvgIpc) is 3.04. The third kappa shape index (κ3) is 4.26. The van der Waals surface area contributed by atoms with E-state index >= 15 is 0 Å². The monoisotopic (exact) mass is 548 g/mol. The first-order valence-electron chi connectivity index (χ1n) is 11.6. The van der Waals surface area contributed by atoms with Crippen LogP contribution in [0.4, 0.5) is 0 Å². The Kier molecular flexibility index (Phi) is 6.74. The Hall–Kier alpha value is -1.42. The van der Waals surface area contributed by atoms with E-state index in [2.05, 4.69) is 0 Å². The maximum absolute atomic E-state index is 13.4. The third-order valence-electron chi connectivity index (χ3n) is 8.80. The van der Waals surface area contributed by atoms with Gasteiger partial charge in [-0.2, -0.15) is 0 Å². The minimum atomic E-state index is -3.65. The molecule has 3 saturated carbocycles. The normalized spacial score (nSPS) is 40.4. The minimum Gasteiger partial charge on any atom is -0.446 e. The molecule has 0 bridgehead atoms. The highest BCUT2D eigenvalue weighted by molar-refractivity contribution is 7.90. The maximum Gasteiger partial charge on any atom is 0.352 e. The van der Waals surface area contributed by atoms with Crippen molar-refractivity contribution in [1.29, 1.82) is 0 Å². The van der Waals surface area contributed by atoms with Crippen LogP contribution in [-0.4, -0.2) is 60.0 Å². The van der Waals surface area contributed by atoms with Crippen molar-refractivity contribution in [2.45, 2.75) is 62.5 Å². The van der Waals surface area contributed by atoms with E-state index in [-0.39, 0.29) is 36.4 Å². The van der Waals surface area contributed by atoms with E-state index in [0.717, 1.165) is 11.8 Å². The van der Waals surface area contributed by atoms with Gasteiger partial charge in [0.1, 0.15) is 0 Å². The number of fused-ring (bicyclic) bond motifs is 5. The summed E-state index contributed by atoms with van der Waals surface area (Å²) >= 11 is 11.5. The van der Waals surface area contributed by atoms with Crippen LogP contribution < -0.4 is 0 Å². The van der Waals surface area contributed by atoms with E-state index in [1.54, 1.807) is 13.0 Å². The summed E-state index contributed by atoms with van der Waals surface area (Å²) in [4.78, 5) is 36.4. The fourth-order valence-electron chi connectivity index (χ4n) is 7.35. The number of ketones is 1. The van der Waals surface area contributed by atoms with Crippen LogP contribution in [-0.2, 0) is 33.7 Å². The number of rotatable bonds is 5. The molecule has 3 fully saturated rings. The molecule has 0 heterocycles. The highest BCUT2D eigenvalue weighted by Gasteiger charge is 2.71. The lowest BCUT2D eigenvalue weighted by Gasteiger charge is -2.59. The summed E-state index contributed by atoms with van der Waals surface area (Å²) in [6.07, 6.45) is 7.18. The number of sulfone groups is 1. The molecular formula is C24H30Cl2O8S. The maximum atomic E-state index is 13.4. The van der Waals surface area contributed by atoms with Gasteiger partial charge in [-0.3, -0.25) is 4.79 Å². The van der Waals surface area contributed by atoms with E-state index in [4.69, 9.17) is 32.7 Å². The molecule has 11 heteroatoms. The molecule has 0 saturated heterocycles. The van der Waals surface area contributed by atoms with E-state index in [0.29, 0.717) is 19.3 Å². The number of hydrogen-bond donors (Lipinski definition) is 1. The number of alkyl halides is 2. The Morgan fingerprint density at radius 2 is 1.94 bits per heavy atom. The first-order chi connectivity index (χ1) is 16.1. The molecule has 0 aromatic heterocycles. The van der Waals surface area contributed by atoms with Gasteiger partial charge in [0.25, 0.3) is 0 Å². The van der Waals surface area contributed by atoms with Crippen LogP contribution in [0.3, 0.4) is 0 Å². The molecule has 0 amide bonds. The largest absolute Gasteiger partial charge is 0.446 e. The first-order valence-corrected chi connectivity index (χ1v) is 14.6. The van der Waals surface area contributed by atoms with Crippen molar-refractivity contribution in [2.24, 2.45) is 28.6 Å². The van der Waals surface area contributed by atoms with E-state index in [1.165, 1.54) is 6.08 Å². The number of esters is 2. The highest BCUT2D eigenvalue weighted by atomic mass is 35.5. The second-order valence-electron chi connectivity index (χ2n) is 10.8. The molecule has 0 aliphatic heterocycles. The van der Waals surface area contributed by atoms with Crippen molar-refractivity contribution in [3.8, 4) is 0 Å². The summed E-state index contributed by atoms with van der Waals surface area (Å²) in [6, 6.07) is 0. The van der Waals surface area contributed by atoms with Crippen LogP contribution in [0.1, 0.15) is 46.0 Å². The molecule has 4 aliphatic carbocycles. The molecular weight excluding hydrogens is 519 g/mol. The molecule has 8 nitrogen and oxygen atoms in total. The second-order valence-corrected chi connectivity index (χ2v) is 14.0. The smallest absolute Gasteiger partial charge is 0.352 e. The molecule has 4 aliphatic rings. The number of carbonyl (C=O) groups is 3. The summed E-state index contributed by atoms with van der Waals surface area (Å²) in [5.41, 5.74) is -2.41. The highest BCUT2D eigenvalue weighted by Crippen LogP contribution is 2.68. The molecule has 4 rings (SSSR count). The Labute approximate surface area is 214 Å². The lowest BCUT2D eigenvalue weighted by atomic mass is 9.46. The molecule has 0 spiro atoms. The van der Waals surface area contributed by atoms with Crippen LogP contribution in [0.2, 0.25) is 0 Å². The van der Waals surface area contributed by atoms with Crippen LogP contribution in [0.15, 0.2) is 23.8 Å². The number of allylic oxidation sites excluding steroid dienone is 4. The van der Waals surface area contributed by atoms with Crippen LogP contribution >= 0.6 is 23.2 Å². The van der Waals surface area contributed by atoms with Crippen molar-refractivity contribution >= 4 is 50.8 Å². The number of aliphatic hydroxyl groups is 1. The fourth-order valence-corrected chi connectivity index (χ4v) is 7.76. The zero-order valence-electron chi connectivity index (χ0n) is 19.8. The quantitative estimate of drug-likeness (QED) is 0.410. The van der Waals surface area contributed by atoms with Crippen molar-refractivity contribution in [1.82, 2.24) is 0 Å². The SMILES string of the molecule is C[C@]12C=CC(=O)C=C1CC[C@@H]1[C@@H]2[C@@H](O)C[C@@]2(C)[C@H]1CC[C@]2(OC(=O)C(Cl)Cl)C(=O)OCS(C)(=O)=O. The molecule has 35 heavy (non-hydrogen) atoms. The summed E-state index contributed by atoms with van der Waals surface area (Å²) in [5.74, 6) is -3.31. The van der Waals surface area contributed by atoms with Gasteiger partial charge in [0.2, 0.25) is 10.4 Å². The predicted octanol–water partition coefficient (Wildman–Crippen LogP) is 2.90. The summed E-state index contributed by atoms with van der Waals surface area (Å²) < 4.78 is 34.2. The summed E-state index contributed by atoms with van der Waals surface area (Å²) in [5, 5.41) is 11.5. The Balaban J connectivity index is 1.74. The Morgan fingerprint density at radius 3 is 2.57 bits per heavy atom. The van der Waals surface area contributed by atoms with Gasteiger partial charge >= 0.3 is 11.9 Å². The molecule has 0 aromatic carbocycles. The van der Waals surface area contributed by atoms with Gasteiger partial charge in [0.15, 0.2) is 21.6 Å². The molecule has 1 N–H and O–H groups in total. The molecule has 0 unspecified atom stereocenters. The number of ether oxygens (including phenoxy) is 2. The van der Waals surface area contributed by atoms with Gasteiger partial charge < -0.3 is 14.6 Å². The van der Waals surface area contributed by atoms with Gasteiger partial charge in [-0.15, -0.1) is 0 Å². The van der Waals surface area contributed by atoms with Crippen LogP contribution in [0.25, 0.3) is 0 Å². The average molecular weight is 549 g/mol. The lowest BCUT2D eigenvalue weighted by molar-refractivity contribution is -0.211. The van der Waals surface area contributed by atoms with Gasteiger partial charge in [-0.25, -0.2) is 18.0 Å². The lowest BCUT2D eigenvalue weighted by Crippen LogP contribution is -2.63. The third-order valence-corrected chi connectivity index (χ3v) is 9.70. The number of aliphatic hydroxyl groups excluding tert-OH is 1. The molecule has 194 valence electrons. The van der Waals surface area contributed by atoms with Gasteiger partial charge in [-0.05, 0) is 56.1 Å². The topological polar surface area (TPSA) is 124 Å². The van der Waals surface area contributed by atoms with E-state index in [1.807, 2.05) is 13.0 Å². The number of halogens is 2. The Morgan fingerprint density at radius 1 is 1.26 bits per heavy atom. The zero-order chi connectivity index (χ0) is 26.0. The fraction of sp³-hybridized carbons (Fsp3) is 0.708. The number of hydrogen-bond acceptors (Lipinski definition) is 8. The minimum absolute atomic E-state index is 0.0326. The Bertz CT molecular complexity index is 1110. The van der Waals surface area contributed by atoms with Gasteiger partial charge in [0.05, 0.1) is 6.10 Å². The summed E-state index contributed by atoms with van der Waals surface area (Å²) in [6.45, 7) is 3.81. The van der Waals surface area contributed by atoms with Crippen molar-refractivity contribution in [3.63, 3.8) is 0 Å². The molecule has 0 radical (unpaired) electrons. The van der Waals surface area contributed by atoms with Gasteiger partial charge in [-0.1, -0.05) is 48.7 Å². The van der Waals surface area contributed by atoms with E-state index in [9.17, 15) is 27.9 Å². The van der Waals surface area contributed by atoms with Crippen molar-refractivity contribution < 1.29 is 37.4 Å². The standard InChI is InChI=1S/C24H30Cl2O8S/c1-22-8-6-14(27)10-13(22)4-5-15-16-7-9-24(34-20(29)19(25)26,21(30)33-12-35(3,31)32)23(16,2)11-17(28)18(15)22/h6,8,10,15-19,28H,4-5,7,9,11-12H2,1-3H3/t15-,16-,17-,18+,22-,23-,24-/m0/s1. The van der Waals surface area contributed by atoms with Crippen molar-refractivity contribution in [2.75, 3.05) is 12.2 Å². The molecule has 7 atom stereocenters. The zero-order valence-corrected chi connectivity index (χ0v) is 22.2.